The quantitative estimate of drug-likeness (QED) is 0.639. The largest absolute Gasteiger partial charge is 0.330 e. The predicted octanol–water partition coefficient (Wildman–Crippen LogP) is 5.42. The molecule has 4 rings (SSSR count). The van der Waals surface area contributed by atoms with Crippen LogP contribution < -0.4 is 5.73 Å². The normalized spacial score (nSPS) is 12.1. The van der Waals surface area contributed by atoms with Crippen molar-refractivity contribution in [3.8, 4) is 0 Å². The monoisotopic (exact) mass is 371 g/mol. The Balaban J connectivity index is 0.000000139. The lowest BCUT2D eigenvalue weighted by molar-refractivity contribution is 0.985. The Kier molecular flexibility index (Phi) is 5.08. The first-order valence-electron chi connectivity index (χ1n) is 7.40. The van der Waals surface area contributed by atoms with Gasteiger partial charge < -0.3 is 5.73 Å². The summed E-state index contributed by atoms with van der Waals surface area (Å²) < 4.78 is 2.55. The fourth-order valence-corrected chi connectivity index (χ4v) is 4.58. The molecule has 0 amide bonds. The molecule has 2 aromatic carbocycles. The minimum absolute atomic E-state index is 0.714. The Bertz CT molecular complexity index is 804. The molecular formula is C19H18BrNS. The molecule has 0 atom stereocenters. The molecule has 1 aliphatic carbocycles. The maximum Gasteiger partial charge on any atom is 0.0393 e. The van der Waals surface area contributed by atoms with Crippen molar-refractivity contribution in [1.82, 2.24) is 0 Å². The summed E-state index contributed by atoms with van der Waals surface area (Å²) in [6.45, 7) is 0.714. The van der Waals surface area contributed by atoms with Crippen molar-refractivity contribution in [2.75, 3.05) is 6.54 Å². The molecule has 22 heavy (non-hydrogen) atoms. The number of benzene rings is 2. The number of allylic oxidation sites excluding steroid dienone is 1. The summed E-state index contributed by atoms with van der Waals surface area (Å²) >= 11 is 5.43. The lowest BCUT2D eigenvalue weighted by atomic mass is 10.1. The Morgan fingerprint density at radius 3 is 2.59 bits per heavy atom. The van der Waals surface area contributed by atoms with Crippen molar-refractivity contribution in [1.29, 1.82) is 0 Å². The highest BCUT2D eigenvalue weighted by atomic mass is 79.9. The van der Waals surface area contributed by atoms with Crippen LogP contribution in [0.2, 0.25) is 0 Å². The Labute approximate surface area is 143 Å². The molecule has 0 radical (unpaired) electrons. The van der Waals surface area contributed by atoms with Gasteiger partial charge >= 0.3 is 0 Å². The van der Waals surface area contributed by atoms with Gasteiger partial charge in [-0.1, -0.05) is 54.6 Å². The van der Waals surface area contributed by atoms with Crippen LogP contribution in [0.3, 0.4) is 0 Å². The molecule has 3 heteroatoms. The smallest absolute Gasteiger partial charge is 0.0393 e. The van der Waals surface area contributed by atoms with Crippen LogP contribution in [0.15, 0.2) is 59.1 Å². The van der Waals surface area contributed by atoms with Gasteiger partial charge in [-0.05, 0) is 52.5 Å². The van der Waals surface area contributed by atoms with Crippen molar-refractivity contribution >= 4 is 43.4 Å². The number of halogens is 1. The third kappa shape index (κ3) is 3.32. The van der Waals surface area contributed by atoms with Crippen LogP contribution in [-0.4, -0.2) is 6.54 Å². The zero-order valence-corrected chi connectivity index (χ0v) is 14.7. The molecule has 0 bridgehead atoms. The van der Waals surface area contributed by atoms with Gasteiger partial charge in [-0.2, -0.15) is 0 Å². The minimum atomic E-state index is 0.714. The molecule has 1 nitrogen and oxygen atoms in total. The molecular weight excluding hydrogens is 354 g/mol. The van der Waals surface area contributed by atoms with E-state index in [1.807, 2.05) is 11.3 Å². The van der Waals surface area contributed by atoms with E-state index in [1.165, 1.54) is 30.6 Å². The van der Waals surface area contributed by atoms with Gasteiger partial charge in [0, 0.05) is 19.4 Å². The van der Waals surface area contributed by atoms with Crippen LogP contribution in [-0.2, 0) is 12.8 Å². The molecule has 0 fully saturated rings. The van der Waals surface area contributed by atoms with Crippen molar-refractivity contribution in [2.45, 2.75) is 12.8 Å². The Morgan fingerprint density at radius 2 is 1.82 bits per heavy atom. The molecule has 1 aromatic heterocycles. The number of hydrogen-bond donors (Lipinski definition) is 1. The average Bonchev–Trinajstić information content (AvgIpc) is 3.14. The lowest BCUT2D eigenvalue weighted by Gasteiger charge is -1.93. The molecule has 0 unspecified atom stereocenters. The molecule has 1 aliphatic rings. The van der Waals surface area contributed by atoms with E-state index in [0.717, 1.165) is 12.8 Å². The van der Waals surface area contributed by atoms with Crippen molar-refractivity contribution < 1.29 is 0 Å². The summed E-state index contributed by atoms with van der Waals surface area (Å²) in [6.07, 6.45) is 6.45. The Morgan fingerprint density at radius 1 is 1.05 bits per heavy atom. The first kappa shape index (κ1) is 15.5. The fourth-order valence-electron chi connectivity index (χ4n) is 2.55. The summed E-state index contributed by atoms with van der Waals surface area (Å²) in [5.41, 5.74) is 8.38. The van der Waals surface area contributed by atoms with Crippen LogP contribution in [0, 0.1) is 0 Å². The molecule has 112 valence electrons. The van der Waals surface area contributed by atoms with Crippen LogP contribution in [0.1, 0.15) is 16.0 Å². The predicted molar refractivity (Wildman–Crippen MR) is 101 cm³/mol. The third-order valence-corrected chi connectivity index (χ3v) is 6.06. The minimum Gasteiger partial charge on any atom is -0.330 e. The summed E-state index contributed by atoms with van der Waals surface area (Å²) in [7, 11) is 0. The maximum absolute atomic E-state index is 5.54. The highest BCUT2D eigenvalue weighted by Gasteiger charge is 2.07. The van der Waals surface area contributed by atoms with E-state index in [0.29, 0.717) is 6.54 Å². The molecule has 0 spiro atoms. The van der Waals surface area contributed by atoms with Gasteiger partial charge in [0.25, 0.3) is 0 Å². The molecule has 0 saturated carbocycles. The van der Waals surface area contributed by atoms with Crippen LogP contribution in [0.5, 0.6) is 0 Å². The van der Waals surface area contributed by atoms with E-state index in [4.69, 9.17) is 5.73 Å². The highest BCUT2D eigenvalue weighted by Crippen LogP contribution is 2.35. The van der Waals surface area contributed by atoms with Crippen molar-refractivity contribution in [3.05, 3.63) is 75.1 Å². The van der Waals surface area contributed by atoms with Crippen LogP contribution >= 0.6 is 27.3 Å². The zero-order valence-electron chi connectivity index (χ0n) is 12.3. The zero-order chi connectivity index (χ0) is 15.4. The van der Waals surface area contributed by atoms with Gasteiger partial charge in [0.15, 0.2) is 0 Å². The standard InChI is InChI=1S/C10H10BrNS.C9H8/c11-10-7-3-1-2-4-8(7)13-9(10)5-6-12;1-2-5-9-7-3-6-8(9)4-1/h1-4H,5-6,12H2;1-6H,7H2. The second kappa shape index (κ2) is 7.23. The number of fused-ring (bicyclic) bond motifs is 2. The third-order valence-electron chi connectivity index (χ3n) is 3.66. The topological polar surface area (TPSA) is 26.0 Å². The van der Waals surface area contributed by atoms with Gasteiger partial charge in [-0.25, -0.2) is 0 Å². The van der Waals surface area contributed by atoms with Gasteiger partial charge in [-0.3, -0.25) is 0 Å². The van der Waals surface area contributed by atoms with Crippen molar-refractivity contribution in [3.63, 3.8) is 0 Å². The van der Waals surface area contributed by atoms with E-state index < -0.39 is 0 Å². The summed E-state index contributed by atoms with van der Waals surface area (Å²) in [5, 5.41) is 1.30. The second-order valence-corrected chi connectivity index (χ2v) is 7.11. The first-order valence-corrected chi connectivity index (χ1v) is 9.01. The molecule has 0 saturated heterocycles. The SMILES string of the molecule is C1=Cc2ccccc2C1.NCCc1sc2ccccc2c1Br. The van der Waals surface area contributed by atoms with Gasteiger partial charge in [-0.15, -0.1) is 11.3 Å². The molecule has 1 heterocycles. The van der Waals surface area contributed by atoms with E-state index in [2.05, 4.69) is 76.6 Å². The van der Waals surface area contributed by atoms with E-state index in [1.54, 1.807) is 0 Å². The van der Waals surface area contributed by atoms with Gasteiger partial charge in [0.1, 0.15) is 0 Å². The van der Waals surface area contributed by atoms with E-state index in [9.17, 15) is 0 Å². The highest BCUT2D eigenvalue weighted by molar-refractivity contribution is 9.10. The van der Waals surface area contributed by atoms with Crippen LogP contribution in [0.25, 0.3) is 16.2 Å². The first-order chi connectivity index (χ1) is 10.8. The second-order valence-electron chi connectivity index (χ2n) is 5.18. The average molecular weight is 372 g/mol. The molecule has 0 aliphatic heterocycles. The molecule has 2 N–H and O–H groups in total. The number of nitrogens with two attached hydrogens (primary N) is 1. The Hall–Kier alpha value is -1.42. The fraction of sp³-hybridized carbons (Fsp3) is 0.158. The lowest BCUT2D eigenvalue weighted by Crippen LogP contribution is -2.01. The van der Waals surface area contributed by atoms with Crippen LogP contribution in [0.4, 0.5) is 0 Å². The van der Waals surface area contributed by atoms with E-state index in [-0.39, 0.29) is 0 Å². The van der Waals surface area contributed by atoms with E-state index >= 15 is 0 Å². The van der Waals surface area contributed by atoms with Gasteiger partial charge in [0.2, 0.25) is 0 Å². The molecule has 3 aromatic rings. The van der Waals surface area contributed by atoms with Gasteiger partial charge in [0.05, 0.1) is 0 Å². The number of thiophene rings is 1. The summed E-state index contributed by atoms with van der Waals surface area (Å²) in [6, 6.07) is 16.9. The number of rotatable bonds is 2. The maximum atomic E-state index is 5.54. The summed E-state index contributed by atoms with van der Waals surface area (Å²) in [5.74, 6) is 0. The number of hydrogen-bond acceptors (Lipinski definition) is 2. The summed E-state index contributed by atoms with van der Waals surface area (Å²) in [4.78, 5) is 1.35. The van der Waals surface area contributed by atoms with Crippen molar-refractivity contribution in [2.24, 2.45) is 5.73 Å².